The van der Waals surface area contributed by atoms with Gasteiger partial charge in [-0.1, -0.05) is 60.7 Å². The third kappa shape index (κ3) is 46.4. The van der Waals surface area contributed by atoms with Gasteiger partial charge in [-0.05, 0) is 84.3 Å². The molecule has 0 aliphatic heterocycles. The molecule has 2 aromatic rings. The van der Waals surface area contributed by atoms with Gasteiger partial charge in [0.05, 0.1) is 6.10 Å². The molecule has 1 saturated carbocycles. The number of hydrogen-bond donors (Lipinski definition) is 5. The second kappa shape index (κ2) is 39.3. The van der Waals surface area contributed by atoms with Crippen LogP contribution in [0.25, 0.3) is 0 Å². The van der Waals surface area contributed by atoms with Gasteiger partial charge in [-0.2, -0.15) is 0 Å². The van der Waals surface area contributed by atoms with Gasteiger partial charge in [-0.25, -0.2) is 4.57 Å². The molecule has 1 unspecified atom stereocenters. The standard InChI is InChI=1S/C23H34N3O4P.6C2H4O2.2Dy/c24-15-16-26-17-21(25)22(30-31(27,28)29)18-11-13-23(14-12-18,19-7-3-1-4-8-19)20-9-5-2-6-10-20;6*1-2(3)4;;/h1-10,18,21-22,26H,11-17,24-25H2,(H2,27,28,29);6*1H3,(H,3,4);;/q;;;;;;;2*+3/p-6/t21-,22?;;;;;;;;/m1......../s1. The Morgan fingerprint density at radius 2 is 0.982 bits per heavy atom. The normalized spacial score (nSPS) is 13.0. The number of phosphoric acid groups is 1. The minimum absolute atomic E-state index is 0. The summed E-state index contributed by atoms with van der Waals surface area (Å²) in [4.78, 5) is 72.3. The van der Waals surface area contributed by atoms with E-state index in [1.54, 1.807) is 0 Å². The van der Waals surface area contributed by atoms with Crippen LogP contribution in [0.2, 0.25) is 0 Å². The van der Waals surface area contributed by atoms with Crippen LogP contribution < -0.4 is 47.4 Å². The molecule has 3 rings (SSSR count). The summed E-state index contributed by atoms with van der Waals surface area (Å²) in [5.41, 5.74) is 14.2. The number of carbonyl (C=O) groups is 6. The van der Waals surface area contributed by atoms with Gasteiger partial charge >= 0.3 is 84.2 Å². The zero-order valence-corrected chi connectivity index (χ0v) is 37.3. The van der Waals surface area contributed by atoms with Crippen LogP contribution in [-0.2, 0) is 43.3 Å². The van der Waals surface area contributed by atoms with Crippen LogP contribution in [0, 0.1) is 82.3 Å². The molecule has 7 N–H and O–H groups in total. The van der Waals surface area contributed by atoms with Gasteiger partial charge < -0.3 is 86.0 Å². The van der Waals surface area contributed by atoms with Crippen LogP contribution in [0.15, 0.2) is 60.7 Å². The van der Waals surface area contributed by atoms with Crippen LogP contribution >= 0.6 is 7.82 Å². The summed E-state index contributed by atoms with van der Waals surface area (Å²) >= 11 is 0. The molecule has 328 valence electrons. The Balaban J connectivity index is -0.000000205. The smallest absolute Gasteiger partial charge is 0.550 e. The molecule has 0 spiro atoms. The Bertz CT molecular complexity index is 1270. The number of carbonyl (C=O) groups excluding carboxylic acids is 6. The van der Waals surface area contributed by atoms with E-state index in [4.69, 9.17) is 75.4 Å². The number of carboxylic acids is 6. The number of nitrogens with one attached hydrogen (secondary N) is 1. The molecule has 0 saturated heterocycles. The van der Waals surface area contributed by atoms with Crippen molar-refractivity contribution in [2.75, 3.05) is 19.6 Å². The summed E-state index contributed by atoms with van der Waals surface area (Å²) in [6, 6.07) is 20.4. The molecule has 1 aliphatic carbocycles. The van der Waals surface area contributed by atoms with Crippen molar-refractivity contribution in [1.82, 2.24) is 5.32 Å². The second-order valence-corrected chi connectivity index (χ2v) is 12.5. The van der Waals surface area contributed by atoms with E-state index in [-0.39, 0.29) is 87.7 Å². The Hall–Kier alpha value is -2.20. The van der Waals surface area contributed by atoms with Crippen molar-refractivity contribution in [3.8, 4) is 0 Å². The van der Waals surface area contributed by atoms with Crippen molar-refractivity contribution in [3.63, 3.8) is 0 Å². The summed E-state index contributed by atoms with van der Waals surface area (Å²) in [6.07, 6.45) is 2.51. The molecular formula is C35H52Dy2N3O16P. The molecule has 0 bridgehead atoms. The summed E-state index contributed by atoms with van der Waals surface area (Å²) in [6.45, 7) is 7.28. The maximum absolute atomic E-state index is 11.7. The summed E-state index contributed by atoms with van der Waals surface area (Å²) in [7, 11) is -4.66. The Morgan fingerprint density at radius 1 is 0.702 bits per heavy atom. The first-order chi connectivity index (χ1) is 25.2. The van der Waals surface area contributed by atoms with Gasteiger partial charge in [0.15, 0.2) is 0 Å². The second-order valence-electron chi connectivity index (χ2n) is 11.3. The average Bonchev–Trinajstić information content (AvgIpc) is 3.03. The van der Waals surface area contributed by atoms with E-state index in [1.165, 1.54) is 11.1 Å². The predicted molar refractivity (Wildman–Crippen MR) is 187 cm³/mol. The number of nitrogens with two attached hydrogens (primary N) is 2. The largest absolute Gasteiger partial charge is 3.00 e. The van der Waals surface area contributed by atoms with E-state index in [0.717, 1.165) is 67.2 Å². The molecule has 19 nitrogen and oxygen atoms in total. The minimum atomic E-state index is -4.66. The molecule has 0 aromatic heterocycles. The fourth-order valence-electron chi connectivity index (χ4n) is 4.88. The first-order valence-electron chi connectivity index (χ1n) is 16.3. The Labute approximate surface area is 393 Å². The topological polar surface area (TPSA) is 372 Å². The van der Waals surface area contributed by atoms with E-state index in [0.29, 0.717) is 19.6 Å². The minimum Gasteiger partial charge on any atom is -0.550 e. The predicted octanol–water partition coefficient (Wildman–Crippen LogP) is -4.95. The van der Waals surface area contributed by atoms with Crippen LogP contribution in [-0.4, -0.2) is 77.4 Å². The Morgan fingerprint density at radius 3 is 1.23 bits per heavy atom. The van der Waals surface area contributed by atoms with Crippen LogP contribution in [0.5, 0.6) is 0 Å². The van der Waals surface area contributed by atoms with E-state index in [1.807, 2.05) is 12.1 Å². The molecule has 2 aromatic carbocycles. The Kier molecular flexibility index (Phi) is 45.9. The van der Waals surface area contributed by atoms with E-state index < -0.39 is 55.8 Å². The molecule has 0 amide bonds. The van der Waals surface area contributed by atoms with E-state index in [2.05, 4.69) is 53.8 Å². The van der Waals surface area contributed by atoms with Crippen molar-refractivity contribution < 1.29 is 155 Å². The van der Waals surface area contributed by atoms with E-state index in [9.17, 15) is 14.4 Å². The third-order valence-electron chi connectivity index (χ3n) is 6.38. The number of benzene rings is 2. The average molecular weight is 1130 g/mol. The molecule has 2 atom stereocenters. The summed E-state index contributed by atoms with van der Waals surface area (Å²) in [5.74, 6) is -6.54. The summed E-state index contributed by atoms with van der Waals surface area (Å²) in [5, 5.41) is 56.5. The van der Waals surface area contributed by atoms with Crippen molar-refractivity contribution in [2.24, 2.45) is 17.4 Å². The monoisotopic (exact) mass is 1130 g/mol. The van der Waals surface area contributed by atoms with Crippen molar-refractivity contribution >= 4 is 43.6 Å². The van der Waals surface area contributed by atoms with Crippen molar-refractivity contribution in [1.29, 1.82) is 0 Å². The molecule has 1 fully saturated rings. The van der Waals surface area contributed by atoms with Crippen molar-refractivity contribution in [2.45, 2.75) is 84.8 Å². The maximum Gasteiger partial charge on any atom is 3.00 e. The van der Waals surface area contributed by atoms with Gasteiger partial charge in [-0.15, -0.1) is 0 Å². The van der Waals surface area contributed by atoms with Gasteiger partial charge in [0.2, 0.25) is 0 Å². The van der Waals surface area contributed by atoms with Crippen LogP contribution in [0.3, 0.4) is 0 Å². The summed E-state index contributed by atoms with van der Waals surface area (Å²) < 4.78 is 16.9. The van der Waals surface area contributed by atoms with Gasteiger partial charge in [0.25, 0.3) is 0 Å². The zero-order chi connectivity index (χ0) is 43.8. The fraction of sp³-hybridized carbons (Fsp3) is 0.486. The number of phosphoric ester groups is 1. The first-order valence-corrected chi connectivity index (χ1v) is 17.8. The van der Waals surface area contributed by atoms with Gasteiger partial charge in [0, 0.05) is 66.9 Å². The molecule has 57 heavy (non-hydrogen) atoms. The van der Waals surface area contributed by atoms with Crippen LogP contribution in [0.1, 0.15) is 78.4 Å². The molecule has 1 aliphatic rings. The fourth-order valence-corrected chi connectivity index (χ4v) is 5.52. The number of hydrogen-bond acceptors (Lipinski definition) is 17. The molecule has 22 heteroatoms. The van der Waals surface area contributed by atoms with Gasteiger partial charge in [-0.3, -0.25) is 4.52 Å². The first kappa shape index (κ1) is 66.6. The quantitative estimate of drug-likeness (QED) is 0.110. The van der Waals surface area contributed by atoms with E-state index >= 15 is 0 Å². The maximum atomic E-state index is 11.7. The van der Waals surface area contributed by atoms with Gasteiger partial charge in [0.1, 0.15) is 0 Å². The van der Waals surface area contributed by atoms with Crippen LogP contribution in [0.4, 0.5) is 0 Å². The van der Waals surface area contributed by atoms with Crippen molar-refractivity contribution in [3.05, 3.63) is 71.8 Å². The molecule has 0 heterocycles. The zero-order valence-electron chi connectivity index (χ0n) is 32.3. The molecule has 2 radical (unpaired) electrons. The third-order valence-corrected chi connectivity index (χ3v) is 6.90. The SMILES string of the molecule is CC(=O)[O-].CC(=O)[O-].CC(=O)[O-].CC(=O)[O-].CC(=O)[O-].CC(=O)[O-].NCCNC[C@@H](N)C(OP(=O)(O)O)C1CCC(c2ccccc2)(c2ccccc2)CC1.[Dy+3].[Dy+3]. The number of aliphatic carboxylic acids is 6. The number of carboxylic acid groups (broad SMARTS) is 6. The molecular weight excluding hydrogens is 1070 g/mol. The number of rotatable bonds is 10.